The number of hydrogen-bond donors (Lipinski definition) is 0. The van der Waals surface area contributed by atoms with Crippen molar-refractivity contribution in [3.05, 3.63) is 157 Å². The first-order valence-electron chi connectivity index (χ1n) is 16.7. The molecule has 1 atom stereocenters. The minimum absolute atomic E-state index is 0.244. The van der Waals surface area contributed by atoms with Crippen LogP contribution >= 0.6 is 11.3 Å². The second-order valence-corrected chi connectivity index (χ2v) is 13.6. The fourth-order valence-corrected chi connectivity index (χ4v) is 7.36. The molecular formula is C43H41N3S. The van der Waals surface area contributed by atoms with E-state index in [2.05, 4.69) is 146 Å². The molecule has 0 saturated carbocycles. The zero-order chi connectivity index (χ0) is 32.2. The number of imidazole rings is 1. The van der Waals surface area contributed by atoms with E-state index in [0.717, 1.165) is 23.3 Å². The molecule has 0 N–H and O–H groups in total. The summed E-state index contributed by atoms with van der Waals surface area (Å²) < 4.78 is 3.40. The molecule has 234 valence electrons. The summed E-state index contributed by atoms with van der Waals surface area (Å²) in [6, 6.07) is 35.2. The molecule has 3 aromatic carbocycles. The topological polar surface area (TPSA) is 20.5 Å². The lowest BCUT2D eigenvalue weighted by molar-refractivity contribution is 0.722. The molecule has 0 bridgehead atoms. The van der Waals surface area contributed by atoms with Crippen molar-refractivity contribution in [1.82, 2.24) is 9.38 Å². The van der Waals surface area contributed by atoms with Crippen LogP contribution in [0.25, 0.3) is 37.4 Å². The number of allylic oxidation sites excluding steroid dienone is 7. The summed E-state index contributed by atoms with van der Waals surface area (Å²) in [5.74, 6) is 0. The Kier molecular flexibility index (Phi) is 9.03. The molecule has 4 heteroatoms. The van der Waals surface area contributed by atoms with Crippen molar-refractivity contribution >= 4 is 38.4 Å². The summed E-state index contributed by atoms with van der Waals surface area (Å²) in [6.07, 6.45) is 20.2. The predicted molar refractivity (Wildman–Crippen MR) is 203 cm³/mol. The van der Waals surface area contributed by atoms with Gasteiger partial charge in [-0.2, -0.15) is 0 Å². The van der Waals surface area contributed by atoms with Gasteiger partial charge in [0.25, 0.3) is 0 Å². The van der Waals surface area contributed by atoms with Gasteiger partial charge in [0.2, 0.25) is 0 Å². The van der Waals surface area contributed by atoms with Crippen molar-refractivity contribution in [2.45, 2.75) is 52.5 Å². The van der Waals surface area contributed by atoms with E-state index in [9.17, 15) is 0 Å². The number of hydrogen-bond acceptors (Lipinski definition) is 3. The molecular weight excluding hydrogens is 591 g/mol. The lowest BCUT2D eigenvalue weighted by atomic mass is 10.00. The van der Waals surface area contributed by atoms with Crippen LogP contribution in [-0.2, 0) is 0 Å². The lowest BCUT2D eigenvalue weighted by Crippen LogP contribution is -2.28. The zero-order valence-corrected chi connectivity index (χ0v) is 28.3. The van der Waals surface area contributed by atoms with Gasteiger partial charge in [0.05, 0.1) is 5.69 Å². The average molecular weight is 632 g/mol. The maximum Gasteiger partial charge on any atom is 0.137 e. The molecule has 1 aliphatic rings. The molecule has 0 saturated heterocycles. The summed E-state index contributed by atoms with van der Waals surface area (Å²) in [5.41, 5.74) is 10.7. The highest BCUT2D eigenvalue weighted by atomic mass is 32.1. The van der Waals surface area contributed by atoms with E-state index in [-0.39, 0.29) is 6.04 Å². The summed E-state index contributed by atoms with van der Waals surface area (Å²) in [5, 5.41) is 1.30. The largest absolute Gasteiger partial charge is 0.338 e. The van der Waals surface area contributed by atoms with Crippen LogP contribution in [-0.4, -0.2) is 15.4 Å². The summed E-state index contributed by atoms with van der Waals surface area (Å²) in [4.78, 5) is 8.62. The van der Waals surface area contributed by atoms with Gasteiger partial charge in [0.15, 0.2) is 0 Å². The van der Waals surface area contributed by atoms with E-state index >= 15 is 0 Å². The fraction of sp³-hybridized carbons (Fsp3) is 0.186. The van der Waals surface area contributed by atoms with Crippen LogP contribution in [0, 0.1) is 0 Å². The first-order chi connectivity index (χ1) is 23.0. The third-order valence-corrected chi connectivity index (χ3v) is 10.4. The average Bonchev–Trinajstić information content (AvgIpc) is 3.76. The third kappa shape index (κ3) is 6.94. The number of benzene rings is 3. The first-order valence-corrected chi connectivity index (χ1v) is 17.5. The Labute approximate surface area is 282 Å². The Morgan fingerprint density at radius 1 is 0.894 bits per heavy atom. The van der Waals surface area contributed by atoms with Crippen molar-refractivity contribution in [2.24, 2.45) is 0 Å². The number of pyridine rings is 1. The van der Waals surface area contributed by atoms with E-state index in [4.69, 9.17) is 4.98 Å². The molecule has 0 amide bonds. The molecule has 7 rings (SSSR count). The molecule has 0 spiro atoms. The van der Waals surface area contributed by atoms with Crippen molar-refractivity contribution in [3.8, 4) is 21.7 Å². The molecule has 3 aromatic heterocycles. The SMILES string of the molecule is CC(=C\C=C1\C=CCCC1)/C(C)=C/C[C@H](C)N(c1ccc(-c2cn3ccccc3n2)cc1)c1ccc(-c2cc3ccccc3s2)cc1. The Morgan fingerprint density at radius 2 is 1.64 bits per heavy atom. The summed E-state index contributed by atoms with van der Waals surface area (Å²) in [7, 11) is 0. The zero-order valence-electron chi connectivity index (χ0n) is 27.4. The molecule has 0 fully saturated rings. The van der Waals surface area contributed by atoms with Gasteiger partial charge in [-0.25, -0.2) is 4.98 Å². The predicted octanol–water partition coefficient (Wildman–Crippen LogP) is 12.4. The van der Waals surface area contributed by atoms with Gasteiger partial charge in [-0.3, -0.25) is 0 Å². The third-order valence-electron chi connectivity index (χ3n) is 9.20. The monoisotopic (exact) mass is 631 g/mol. The molecule has 3 nitrogen and oxygen atoms in total. The highest BCUT2D eigenvalue weighted by Crippen LogP contribution is 2.37. The number of fused-ring (bicyclic) bond motifs is 2. The molecule has 3 heterocycles. The molecule has 0 aliphatic heterocycles. The minimum atomic E-state index is 0.244. The Balaban J connectivity index is 1.17. The van der Waals surface area contributed by atoms with Crippen LogP contribution in [0.5, 0.6) is 0 Å². The maximum atomic E-state index is 4.84. The van der Waals surface area contributed by atoms with Gasteiger partial charge in [0, 0.05) is 45.0 Å². The smallest absolute Gasteiger partial charge is 0.137 e. The van der Waals surface area contributed by atoms with Gasteiger partial charge >= 0.3 is 0 Å². The molecule has 1 aliphatic carbocycles. The normalized spacial score (nSPS) is 15.5. The van der Waals surface area contributed by atoms with Gasteiger partial charge < -0.3 is 9.30 Å². The van der Waals surface area contributed by atoms with Gasteiger partial charge in [-0.15, -0.1) is 11.3 Å². The minimum Gasteiger partial charge on any atom is -0.338 e. The van der Waals surface area contributed by atoms with E-state index in [1.807, 2.05) is 35.7 Å². The fourth-order valence-electron chi connectivity index (χ4n) is 6.29. The van der Waals surface area contributed by atoms with Crippen LogP contribution < -0.4 is 4.90 Å². The second-order valence-electron chi connectivity index (χ2n) is 12.6. The van der Waals surface area contributed by atoms with Crippen molar-refractivity contribution < 1.29 is 0 Å². The highest BCUT2D eigenvalue weighted by molar-refractivity contribution is 7.22. The van der Waals surface area contributed by atoms with E-state index in [0.29, 0.717) is 0 Å². The summed E-state index contributed by atoms with van der Waals surface area (Å²) in [6.45, 7) is 6.79. The van der Waals surface area contributed by atoms with Crippen molar-refractivity contribution in [1.29, 1.82) is 0 Å². The van der Waals surface area contributed by atoms with Crippen molar-refractivity contribution in [2.75, 3.05) is 4.90 Å². The van der Waals surface area contributed by atoms with Crippen LogP contribution in [0.3, 0.4) is 0 Å². The standard InChI is InChI=1S/C43H41N3S/c1-31(32(2)17-19-34-11-5-4-6-12-34)16-18-33(3)46(38-24-20-35(21-25-38)40-30-45-28-10-9-15-43(45)44-40)39-26-22-36(23-27-39)42-29-37-13-7-8-14-41(37)47-42/h5,7-11,13-17,19-30,33H,4,6,12,18H2,1-3H3/b31-16+,32-17+,34-19-/t33-/m0/s1. The molecule has 0 unspecified atom stereocenters. The van der Waals surface area contributed by atoms with E-state index < -0.39 is 0 Å². The van der Waals surface area contributed by atoms with Gasteiger partial charge in [0.1, 0.15) is 5.65 Å². The van der Waals surface area contributed by atoms with Crippen LogP contribution in [0.1, 0.15) is 46.5 Å². The summed E-state index contributed by atoms with van der Waals surface area (Å²) >= 11 is 1.85. The van der Waals surface area contributed by atoms with Crippen LogP contribution in [0.15, 0.2) is 157 Å². The maximum absolute atomic E-state index is 4.84. The van der Waals surface area contributed by atoms with Crippen LogP contribution in [0.2, 0.25) is 0 Å². The molecule has 6 aromatic rings. The Hall–Kier alpha value is -4.93. The number of aromatic nitrogens is 2. The second kappa shape index (κ2) is 13.8. The highest BCUT2D eigenvalue weighted by Gasteiger charge is 2.18. The molecule has 0 radical (unpaired) electrons. The number of nitrogens with zero attached hydrogens (tertiary/aromatic N) is 3. The van der Waals surface area contributed by atoms with E-state index in [1.54, 1.807) is 0 Å². The number of anilines is 2. The molecule has 47 heavy (non-hydrogen) atoms. The lowest BCUT2D eigenvalue weighted by Gasteiger charge is -2.31. The quantitative estimate of drug-likeness (QED) is 0.148. The first kappa shape index (κ1) is 30.7. The van der Waals surface area contributed by atoms with Crippen LogP contribution in [0.4, 0.5) is 11.4 Å². The number of rotatable bonds is 9. The van der Waals surface area contributed by atoms with E-state index in [1.165, 1.54) is 67.9 Å². The van der Waals surface area contributed by atoms with Crippen molar-refractivity contribution in [3.63, 3.8) is 0 Å². The number of thiophene rings is 1. The van der Waals surface area contributed by atoms with Gasteiger partial charge in [-0.05, 0) is 117 Å². The Bertz CT molecular complexity index is 1940. The Morgan fingerprint density at radius 3 is 2.36 bits per heavy atom. The van der Waals surface area contributed by atoms with Gasteiger partial charge in [-0.1, -0.05) is 84.5 Å².